The highest BCUT2D eigenvalue weighted by Gasteiger charge is 2.18. The van der Waals surface area contributed by atoms with Crippen LogP contribution < -0.4 is 10.7 Å². The van der Waals surface area contributed by atoms with Crippen LogP contribution in [0.1, 0.15) is 21.5 Å². The second-order valence-electron chi connectivity index (χ2n) is 7.31. The monoisotopic (exact) mass is 489 g/mol. The van der Waals surface area contributed by atoms with E-state index in [0.29, 0.717) is 23.0 Å². The molecule has 32 heavy (non-hydrogen) atoms. The molecular formula is C25H20BrN3O3. The summed E-state index contributed by atoms with van der Waals surface area (Å²) in [5, 5.41) is 3.28. The number of benzene rings is 2. The molecule has 0 aliphatic rings. The highest BCUT2D eigenvalue weighted by Crippen LogP contribution is 2.19. The molecule has 7 heteroatoms. The van der Waals surface area contributed by atoms with Gasteiger partial charge in [0, 0.05) is 40.6 Å². The van der Waals surface area contributed by atoms with E-state index in [2.05, 4.69) is 26.2 Å². The number of rotatable bonds is 7. The number of carbonyl (C=O) groups is 2. The van der Waals surface area contributed by atoms with Crippen LogP contribution >= 0.6 is 15.9 Å². The maximum atomic E-state index is 13.1. The Bertz CT molecular complexity index is 1340. The first-order chi connectivity index (χ1) is 15.5. The van der Waals surface area contributed by atoms with Crippen LogP contribution in [0.5, 0.6) is 0 Å². The Balaban J connectivity index is 1.63. The van der Waals surface area contributed by atoms with Crippen molar-refractivity contribution in [2.45, 2.75) is 13.0 Å². The Hall–Kier alpha value is -3.58. The smallest absolute Gasteiger partial charge is 0.239 e. The molecule has 1 amide bonds. The fraction of sp³-hybridized carbons (Fsp3) is 0.120. The highest BCUT2D eigenvalue weighted by molar-refractivity contribution is 9.10. The lowest BCUT2D eigenvalue weighted by atomic mass is 10.0. The van der Waals surface area contributed by atoms with Gasteiger partial charge in [-0.15, -0.1) is 0 Å². The molecule has 2 aromatic heterocycles. The summed E-state index contributed by atoms with van der Waals surface area (Å²) in [6, 6.07) is 18.3. The van der Waals surface area contributed by atoms with Crippen LogP contribution in [-0.2, 0) is 17.8 Å². The number of carbonyl (C=O) groups excluding carboxylic acids is 2. The van der Waals surface area contributed by atoms with Crippen LogP contribution in [0.25, 0.3) is 10.9 Å². The number of pyridine rings is 2. The van der Waals surface area contributed by atoms with Gasteiger partial charge in [-0.2, -0.15) is 0 Å². The fourth-order valence-electron chi connectivity index (χ4n) is 3.52. The Morgan fingerprint density at radius 3 is 2.50 bits per heavy atom. The average molecular weight is 490 g/mol. The molecule has 0 unspecified atom stereocenters. The summed E-state index contributed by atoms with van der Waals surface area (Å²) in [5.74, 6) is -0.603. The van der Waals surface area contributed by atoms with Gasteiger partial charge in [0.2, 0.25) is 11.3 Å². The highest BCUT2D eigenvalue weighted by atomic mass is 79.9. The van der Waals surface area contributed by atoms with Crippen LogP contribution in [-0.4, -0.2) is 27.8 Å². The fourth-order valence-corrected chi connectivity index (χ4v) is 3.88. The van der Waals surface area contributed by atoms with Gasteiger partial charge in [0.05, 0.1) is 11.1 Å². The van der Waals surface area contributed by atoms with E-state index >= 15 is 0 Å². The zero-order chi connectivity index (χ0) is 22.5. The maximum absolute atomic E-state index is 13.1. The Labute approximate surface area is 193 Å². The summed E-state index contributed by atoms with van der Waals surface area (Å²) >= 11 is 3.38. The molecule has 1 N–H and O–H groups in total. The normalized spacial score (nSPS) is 10.8. The van der Waals surface area contributed by atoms with Crippen LogP contribution in [0.15, 0.2) is 88.5 Å². The number of aromatic nitrogens is 2. The minimum Gasteiger partial charge on any atom is -0.354 e. The van der Waals surface area contributed by atoms with Gasteiger partial charge >= 0.3 is 0 Å². The van der Waals surface area contributed by atoms with Crippen molar-refractivity contribution in [3.63, 3.8) is 0 Å². The molecule has 2 aromatic carbocycles. The first-order valence-corrected chi connectivity index (χ1v) is 10.9. The van der Waals surface area contributed by atoms with Crippen LogP contribution in [0, 0.1) is 0 Å². The number of ketones is 1. The molecule has 0 saturated heterocycles. The molecule has 0 saturated carbocycles. The number of hydrogen-bond acceptors (Lipinski definition) is 4. The summed E-state index contributed by atoms with van der Waals surface area (Å²) in [4.78, 5) is 42.7. The maximum Gasteiger partial charge on any atom is 0.239 e. The van der Waals surface area contributed by atoms with E-state index in [1.54, 1.807) is 34.9 Å². The average Bonchev–Trinajstić information content (AvgIpc) is 2.81. The van der Waals surface area contributed by atoms with Gasteiger partial charge in [-0.25, -0.2) is 0 Å². The molecule has 0 aliphatic carbocycles. The molecule has 0 bridgehead atoms. The minimum absolute atomic E-state index is 0.0101. The topological polar surface area (TPSA) is 81.1 Å². The van der Waals surface area contributed by atoms with Crippen LogP contribution in [0.3, 0.4) is 0 Å². The molecule has 6 nitrogen and oxygen atoms in total. The van der Waals surface area contributed by atoms with Gasteiger partial charge in [-0.1, -0.05) is 46.3 Å². The van der Waals surface area contributed by atoms with Crippen molar-refractivity contribution in [1.82, 2.24) is 14.9 Å². The minimum atomic E-state index is -0.405. The van der Waals surface area contributed by atoms with Crippen molar-refractivity contribution in [3.05, 3.63) is 111 Å². The van der Waals surface area contributed by atoms with Crippen molar-refractivity contribution < 1.29 is 9.59 Å². The van der Waals surface area contributed by atoms with Gasteiger partial charge in [-0.05, 0) is 42.3 Å². The SMILES string of the molecule is O=C(Cn1cc(C(=O)c2ccncc2)c(=O)c2cc(Br)ccc21)NCCc1ccccc1. The predicted octanol–water partition coefficient (Wildman–Crippen LogP) is 3.75. The van der Waals surface area contributed by atoms with Gasteiger partial charge in [-0.3, -0.25) is 19.4 Å². The zero-order valence-electron chi connectivity index (χ0n) is 17.1. The summed E-state index contributed by atoms with van der Waals surface area (Å²) in [7, 11) is 0. The molecule has 0 radical (unpaired) electrons. The second kappa shape index (κ2) is 9.70. The summed E-state index contributed by atoms with van der Waals surface area (Å²) < 4.78 is 2.37. The lowest BCUT2D eigenvalue weighted by Gasteiger charge is -2.14. The molecule has 0 atom stereocenters. The third-order valence-corrected chi connectivity index (χ3v) is 5.62. The summed E-state index contributed by atoms with van der Waals surface area (Å²) in [6.07, 6.45) is 5.20. The molecule has 4 rings (SSSR count). The van der Waals surface area contributed by atoms with E-state index in [1.807, 2.05) is 30.3 Å². The predicted molar refractivity (Wildman–Crippen MR) is 127 cm³/mol. The number of amides is 1. The summed E-state index contributed by atoms with van der Waals surface area (Å²) in [5.41, 5.74) is 1.73. The first-order valence-electron chi connectivity index (χ1n) is 10.1. The van der Waals surface area contributed by atoms with E-state index in [4.69, 9.17) is 0 Å². The molecule has 4 aromatic rings. The lowest BCUT2D eigenvalue weighted by molar-refractivity contribution is -0.121. The standard InChI is InChI=1S/C25H20BrN3O3/c26-19-6-7-22-20(14-19)25(32)21(24(31)18-9-11-27-12-10-18)15-29(22)16-23(30)28-13-8-17-4-2-1-3-5-17/h1-7,9-12,14-15H,8,13,16H2,(H,28,30). The molecule has 0 fully saturated rings. The quantitative estimate of drug-likeness (QED) is 0.401. The van der Waals surface area contributed by atoms with Crippen molar-refractivity contribution >= 4 is 38.5 Å². The van der Waals surface area contributed by atoms with Gasteiger partial charge in [0.25, 0.3) is 0 Å². The van der Waals surface area contributed by atoms with Crippen molar-refractivity contribution in [3.8, 4) is 0 Å². The van der Waals surface area contributed by atoms with Gasteiger partial charge in [0.1, 0.15) is 6.54 Å². The van der Waals surface area contributed by atoms with Gasteiger partial charge in [0.15, 0.2) is 5.78 Å². The zero-order valence-corrected chi connectivity index (χ0v) is 18.7. The van der Waals surface area contributed by atoms with Crippen molar-refractivity contribution in [2.75, 3.05) is 6.54 Å². The largest absolute Gasteiger partial charge is 0.354 e. The molecule has 2 heterocycles. The van der Waals surface area contributed by atoms with Crippen LogP contribution in [0.2, 0.25) is 0 Å². The van der Waals surface area contributed by atoms with Gasteiger partial charge < -0.3 is 9.88 Å². The van der Waals surface area contributed by atoms with Crippen molar-refractivity contribution in [1.29, 1.82) is 0 Å². The number of halogens is 1. The number of fused-ring (bicyclic) bond motifs is 1. The number of hydrogen-bond donors (Lipinski definition) is 1. The third kappa shape index (κ3) is 4.84. The van der Waals surface area contributed by atoms with E-state index in [0.717, 1.165) is 16.5 Å². The first kappa shape index (κ1) is 21.6. The van der Waals surface area contributed by atoms with Crippen LogP contribution in [0.4, 0.5) is 0 Å². The summed E-state index contributed by atoms with van der Waals surface area (Å²) in [6.45, 7) is 0.485. The lowest BCUT2D eigenvalue weighted by Crippen LogP contribution is -2.30. The van der Waals surface area contributed by atoms with E-state index in [-0.39, 0.29) is 23.4 Å². The van der Waals surface area contributed by atoms with E-state index < -0.39 is 5.78 Å². The van der Waals surface area contributed by atoms with E-state index in [9.17, 15) is 14.4 Å². The number of nitrogens with zero attached hydrogens (tertiary/aromatic N) is 2. The Kier molecular flexibility index (Phi) is 6.56. The number of nitrogens with one attached hydrogen (secondary N) is 1. The second-order valence-corrected chi connectivity index (χ2v) is 8.23. The molecule has 160 valence electrons. The Morgan fingerprint density at radius 1 is 1.00 bits per heavy atom. The van der Waals surface area contributed by atoms with Crippen molar-refractivity contribution in [2.24, 2.45) is 0 Å². The molecule has 0 spiro atoms. The molecule has 0 aliphatic heterocycles. The van der Waals surface area contributed by atoms with E-state index in [1.165, 1.54) is 18.6 Å². The Morgan fingerprint density at radius 2 is 1.75 bits per heavy atom. The third-order valence-electron chi connectivity index (χ3n) is 5.12. The molecular weight excluding hydrogens is 470 g/mol.